The topological polar surface area (TPSA) is 73.6 Å². The maximum absolute atomic E-state index is 9.48. The van der Waals surface area contributed by atoms with E-state index in [2.05, 4.69) is 28.6 Å². The van der Waals surface area contributed by atoms with E-state index >= 15 is 0 Å². The zero-order valence-corrected chi connectivity index (χ0v) is 15.5. The highest BCUT2D eigenvalue weighted by atomic mass is 15.2. The number of hydrogen-bond acceptors (Lipinski definition) is 5. The van der Waals surface area contributed by atoms with E-state index < -0.39 is 0 Å². The Kier molecular flexibility index (Phi) is 4.92. The number of rotatable bonds is 6. The Morgan fingerprint density at radius 1 is 1.15 bits per heavy atom. The smallest absolute Gasteiger partial charge is 0.225 e. The summed E-state index contributed by atoms with van der Waals surface area (Å²) in [5.41, 5.74) is 1.34. The fourth-order valence-electron chi connectivity index (χ4n) is 3.99. The molecule has 136 valence electrons. The molecule has 0 amide bonds. The van der Waals surface area contributed by atoms with Crippen molar-refractivity contribution in [3.05, 3.63) is 23.8 Å². The SMILES string of the molecule is CC(Nc1nc(NCC2CCCCC2)nc2c(C#N)cccc12)C1CC1. The van der Waals surface area contributed by atoms with Gasteiger partial charge in [-0.2, -0.15) is 10.2 Å². The van der Waals surface area contributed by atoms with Crippen molar-refractivity contribution in [2.24, 2.45) is 11.8 Å². The molecule has 5 heteroatoms. The van der Waals surface area contributed by atoms with Crippen LogP contribution in [0.3, 0.4) is 0 Å². The van der Waals surface area contributed by atoms with Crippen LogP contribution < -0.4 is 10.6 Å². The van der Waals surface area contributed by atoms with Gasteiger partial charge in [-0.05, 0) is 56.6 Å². The predicted molar refractivity (Wildman–Crippen MR) is 105 cm³/mol. The maximum Gasteiger partial charge on any atom is 0.225 e. The van der Waals surface area contributed by atoms with Gasteiger partial charge in [0.2, 0.25) is 5.95 Å². The second kappa shape index (κ2) is 7.49. The van der Waals surface area contributed by atoms with Gasteiger partial charge in [0.15, 0.2) is 0 Å². The quantitative estimate of drug-likeness (QED) is 0.790. The molecular formula is C21H27N5. The molecule has 4 rings (SSSR count). The van der Waals surface area contributed by atoms with Gasteiger partial charge in [0.05, 0.1) is 11.1 Å². The average molecular weight is 349 g/mol. The van der Waals surface area contributed by atoms with E-state index in [-0.39, 0.29) is 0 Å². The highest BCUT2D eigenvalue weighted by Gasteiger charge is 2.28. The first-order valence-corrected chi connectivity index (χ1v) is 9.96. The molecule has 26 heavy (non-hydrogen) atoms. The van der Waals surface area contributed by atoms with E-state index in [9.17, 15) is 5.26 Å². The van der Waals surface area contributed by atoms with Crippen LogP contribution in [0.2, 0.25) is 0 Å². The zero-order chi connectivity index (χ0) is 17.9. The molecule has 0 aliphatic heterocycles. The van der Waals surface area contributed by atoms with Crippen molar-refractivity contribution >= 4 is 22.7 Å². The summed E-state index contributed by atoms with van der Waals surface area (Å²) in [6, 6.07) is 8.41. The molecular weight excluding hydrogens is 322 g/mol. The van der Waals surface area contributed by atoms with Crippen LogP contribution in [0.25, 0.3) is 10.9 Å². The zero-order valence-electron chi connectivity index (χ0n) is 15.5. The van der Waals surface area contributed by atoms with Crippen LogP contribution >= 0.6 is 0 Å². The summed E-state index contributed by atoms with van der Waals surface area (Å²) in [7, 11) is 0. The summed E-state index contributed by atoms with van der Waals surface area (Å²) in [5.74, 6) is 2.92. The number of anilines is 2. The molecule has 0 radical (unpaired) electrons. The van der Waals surface area contributed by atoms with E-state index in [4.69, 9.17) is 4.98 Å². The lowest BCUT2D eigenvalue weighted by atomic mass is 9.89. The van der Waals surface area contributed by atoms with Gasteiger partial charge in [-0.15, -0.1) is 0 Å². The minimum atomic E-state index is 0.394. The molecule has 0 spiro atoms. The number of aromatic nitrogens is 2. The third-order valence-corrected chi connectivity index (χ3v) is 5.81. The van der Waals surface area contributed by atoms with Gasteiger partial charge in [-0.1, -0.05) is 25.3 Å². The Balaban J connectivity index is 1.62. The second-order valence-electron chi connectivity index (χ2n) is 7.86. The number of nitriles is 1. The molecule has 5 nitrogen and oxygen atoms in total. The molecule has 2 aromatic rings. The molecule has 0 saturated heterocycles. The molecule has 1 heterocycles. The lowest BCUT2D eigenvalue weighted by molar-refractivity contribution is 0.373. The van der Waals surface area contributed by atoms with E-state index in [0.717, 1.165) is 29.2 Å². The van der Waals surface area contributed by atoms with Crippen LogP contribution in [-0.4, -0.2) is 22.6 Å². The summed E-state index contributed by atoms with van der Waals surface area (Å²) < 4.78 is 0. The molecule has 2 aliphatic carbocycles. The third-order valence-electron chi connectivity index (χ3n) is 5.81. The summed E-state index contributed by atoms with van der Waals surface area (Å²) in [6.45, 7) is 3.13. The van der Waals surface area contributed by atoms with E-state index in [0.29, 0.717) is 23.5 Å². The molecule has 1 aromatic heterocycles. The summed E-state index contributed by atoms with van der Waals surface area (Å²) in [5, 5.41) is 17.4. The number of fused-ring (bicyclic) bond motifs is 1. The van der Waals surface area contributed by atoms with Crippen LogP contribution in [0.15, 0.2) is 18.2 Å². The second-order valence-corrected chi connectivity index (χ2v) is 7.86. The van der Waals surface area contributed by atoms with Gasteiger partial charge < -0.3 is 10.6 Å². The van der Waals surface area contributed by atoms with Crippen molar-refractivity contribution in [2.45, 2.75) is 57.9 Å². The lowest BCUT2D eigenvalue weighted by Gasteiger charge is -2.22. The van der Waals surface area contributed by atoms with Crippen molar-refractivity contribution in [3.63, 3.8) is 0 Å². The first-order chi connectivity index (χ1) is 12.7. The lowest BCUT2D eigenvalue weighted by Crippen LogP contribution is -2.21. The summed E-state index contributed by atoms with van der Waals surface area (Å²) >= 11 is 0. The number of nitrogens with zero attached hydrogens (tertiary/aromatic N) is 3. The molecule has 2 saturated carbocycles. The van der Waals surface area contributed by atoms with Gasteiger partial charge >= 0.3 is 0 Å². The van der Waals surface area contributed by atoms with Crippen LogP contribution in [0.1, 0.15) is 57.4 Å². The Morgan fingerprint density at radius 3 is 2.69 bits per heavy atom. The molecule has 1 unspecified atom stereocenters. The van der Waals surface area contributed by atoms with Gasteiger partial charge in [0.1, 0.15) is 11.9 Å². The Morgan fingerprint density at radius 2 is 1.96 bits per heavy atom. The predicted octanol–water partition coefficient (Wildman–Crippen LogP) is 4.70. The van der Waals surface area contributed by atoms with Gasteiger partial charge in [-0.3, -0.25) is 0 Å². The molecule has 2 fully saturated rings. The Labute approximate surface area is 155 Å². The van der Waals surface area contributed by atoms with E-state index in [1.54, 1.807) is 0 Å². The molecule has 2 N–H and O–H groups in total. The fourth-order valence-corrected chi connectivity index (χ4v) is 3.99. The van der Waals surface area contributed by atoms with Gasteiger partial charge in [-0.25, -0.2) is 4.98 Å². The van der Waals surface area contributed by atoms with Crippen molar-refractivity contribution in [2.75, 3.05) is 17.2 Å². The maximum atomic E-state index is 9.48. The molecule has 2 aliphatic rings. The Bertz CT molecular complexity index is 815. The normalized spacial score (nSPS) is 19.1. The molecule has 0 bridgehead atoms. The third kappa shape index (κ3) is 3.75. The largest absolute Gasteiger partial charge is 0.367 e. The van der Waals surface area contributed by atoms with Crippen LogP contribution in [0, 0.1) is 23.2 Å². The monoisotopic (exact) mass is 349 g/mol. The Hall–Kier alpha value is -2.35. The number of benzene rings is 1. The highest BCUT2D eigenvalue weighted by Crippen LogP contribution is 2.35. The van der Waals surface area contributed by atoms with Crippen molar-refractivity contribution in [1.82, 2.24) is 9.97 Å². The number of nitrogens with one attached hydrogen (secondary N) is 2. The van der Waals surface area contributed by atoms with Crippen molar-refractivity contribution < 1.29 is 0 Å². The molecule has 1 atom stereocenters. The average Bonchev–Trinajstić information content (AvgIpc) is 3.52. The molecule has 1 aromatic carbocycles. The van der Waals surface area contributed by atoms with E-state index in [1.165, 1.54) is 44.9 Å². The van der Waals surface area contributed by atoms with E-state index in [1.807, 2.05) is 18.2 Å². The minimum Gasteiger partial charge on any atom is -0.367 e. The first-order valence-electron chi connectivity index (χ1n) is 9.96. The highest BCUT2D eigenvalue weighted by molar-refractivity contribution is 5.93. The number of hydrogen-bond donors (Lipinski definition) is 2. The van der Waals surface area contributed by atoms with Gasteiger partial charge in [0, 0.05) is 18.0 Å². The van der Waals surface area contributed by atoms with Crippen molar-refractivity contribution in [3.8, 4) is 6.07 Å². The number of para-hydroxylation sites is 1. The minimum absolute atomic E-state index is 0.394. The van der Waals surface area contributed by atoms with Crippen molar-refractivity contribution in [1.29, 1.82) is 5.26 Å². The summed E-state index contributed by atoms with van der Waals surface area (Å²) in [4.78, 5) is 9.44. The van der Waals surface area contributed by atoms with Crippen LogP contribution in [-0.2, 0) is 0 Å². The first kappa shape index (κ1) is 17.1. The summed E-state index contributed by atoms with van der Waals surface area (Å²) in [6.07, 6.45) is 9.16. The van der Waals surface area contributed by atoms with Crippen LogP contribution in [0.4, 0.5) is 11.8 Å². The fraction of sp³-hybridized carbons (Fsp3) is 0.571. The van der Waals surface area contributed by atoms with Crippen LogP contribution in [0.5, 0.6) is 0 Å². The standard InChI is InChI=1S/C21H27N5/c1-14(16-10-11-16)24-20-18-9-5-8-17(12-22)19(18)25-21(26-20)23-13-15-6-3-2-4-7-15/h5,8-9,14-16H,2-4,6-7,10-11,13H2,1H3,(H2,23,24,25,26). The van der Waals surface area contributed by atoms with Gasteiger partial charge in [0.25, 0.3) is 0 Å².